The third-order valence-electron chi connectivity index (χ3n) is 6.06. The van der Waals surface area contributed by atoms with Crippen LogP contribution < -0.4 is 28.4 Å². The largest absolute Gasteiger partial charge is 0.493 e. The van der Waals surface area contributed by atoms with Crippen molar-refractivity contribution < 1.29 is 38.0 Å². The zero-order valence-electron chi connectivity index (χ0n) is 20.0. The molecule has 3 heterocycles. The molecule has 1 saturated heterocycles. The molecule has 0 aromatic heterocycles. The summed E-state index contributed by atoms with van der Waals surface area (Å²) < 4.78 is 32.9. The molecule has 3 aliphatic heterocycles. The van der Waals surface area contributed by atoms with Crippen LogP contribution in [0.5, 0.6) is 34.5 Å². The Morgan fingerprint density at radius 2 is 1.66 bits per heavy atom. The lowest BCUT2D eigenvalue weighted by atomic mass is 10.1. The molecule has 3 aliphatic rings. The quantitative estimate of drug-likeness (QED) is 0.345. The van der Waals surface area contributed by atoms with Gasteiger partial charge in [-0.3, -0.25) is 14.5 Å². The number of hydrogen-bond donors (Lipinski definition) is 0. The molecule has 0 bridgehead atoms. The predicted molar refractivity (Wildman–Crippen MR) is 139 cm³/mol. The maximum absolute atomic E-state index is 13.1. The first-order valence-electron chi connectivity index (χ1n) is 11.5. The minimum absolute atomic E-state index is 0.0213. The number of rotatable bonds is 7. The number of amides is 2. The van der Waals surface area contributed by atoms with Crippen LogP contribution in [-0.4, -0.2) is 36.7 Å². The van der Waals surface area contributed by atoms with Gasteiger partial charge in [-0.25, -0.2) is 0 Å². The standard InChI is InChI=1S/C27H20ClNO8S/c1-32-21-6-15(2-4-19(21)33-12-16-3-5-20-22(7-16)35-13-34-20)8-25-26(30)29(27(31)38-25)11-17-9-23-24(10-18(17)28)37-14-36-23/h2-10H,11-14H2,1H3/b25-8+. The van der Waals surface area contributed by atoms with E-state index < -0.39 is 5.91 Å². The van der Waals surface area contributed by atoms with E-state index in [4.69, 9.17) is 40.0 Å². The van der Waals surface area contributed by atoms with Gasteiger partial charge >= 0.3 is 0 Å². The van der Waals surface area contributed by atoms with Crippen LogP contribution in [0.3, 0.4) is 0 Å². The van der Waals surface area contributed by atoms with Crippen molar-refractivity contribution >= 4 is 40.6 Å². The van der Waals surface area contributed by atoms with E-state index in [1.165, 1.54) is 7.11 Å². The number of nitrogens with zero attached hydrogens (tertiary/aromatic N) is 1. The Morgan fingerprint density at radius 3 is 2.45 bits per heavy atom. The van der Waals surface area contributed by atoms with Crippen molar-refractivity contribution in [2.75, 3.05) is 20.7 Å². The van der Waals surface area contributed by atoms with Crippen LogP contribution in [0.4, 0.5) is 4.79 Å². The van der Waals surface area contributed by atoms with Crippen molar-refractivity contribution in [1.82, 2.24) is 4.90 Å². The van der Waals surface area contributed by atoms with Gasteiger partial charge in [-0.2, -0.15) is 0 Å². The Labute approximate surface area is 226 Å². The maximum atomic E-state index is 13.1. The predicted octanol–water partition coefficient (Wildman–Crippen LogP) is 5.62. The topological polar surface area (TPSA) is 92.8 Å². The summed E-state index contributed by atoms with van der Waals surface area (Å²) in [6.07, 6.45) is 1.65. The van der Waals surface area contributed by atoms with Crippen molar-refractivity contribution in [2.45, 2.75) is 13.2 Å². The lowest BCUT2D eigenvalue weighted by molar-refractivity contribution is -0.123. The number of carbonyl (C=O) groups is 2. The van der Waals surface area contributed by atoms with Crippen molar-refractivity contribution in [3.05, 3.63) is 75.1 Å². The molecule has 3 aromatic rings. The number of ether oxygens (including phenoxy) is 6. The van der Waals surface area contributed by atoms with Crippen LogP contribution in [0.2, 0.25) is 5.02 Å². The number of benzene rings is 3. The van der Waals surface area contributed by atoms with Gasteiger partial charge in [0.15, 0.2) is 34.5 Å². The Bertz CT molecular complexity index is 1490. The average Bonchev–Trinajstić information content (AvgIpc) is 3.63. The molecule has 0 radical (unpaired) electrons. The summed E-state index contributed by atoms with van der Waals surface area (Å²) >= 11 is 7.21. The number of fused-ring (bicyclic) bond motifs is 2. The highest BCUT2D eigenvalue weighted by Crippen LogP contribution is 2.40. The van der Waals surface area contributed by atoms with E-state index in [0.29, 0.717) is 62.2 Å². The van der Waals surface area contributed by atoms with Gasteiger partial charge in [0.1, 0.15) is 6.61 Å². The molecule has 2 amide bonds. The molecule has 0 aliphatic carbocycles. The zero-order chi connectivity index (χ0) is 26.2. The fourth-order valence-corrected chi connectivity index (χ4v) is 5.18. The highest BCUT2D eigenvalue weighted by Gasteiger charge is 2.36. The number of carbonyl (C=O) groups excluding carboxylic acids is 2. The normalized spacial score (nSPS) is 16.5. The van der Waals surface area contributed by atoms with E-state index in [1.807, 2.05) is 18.2 Å². The summed E-state index contributed by atoms with van der Waals surface area (Å²) in [6, 6.07) is 14.2. The molecule has 0 unspecified atom stereocenters. The molecular formula is C27H20ClNO8S. The fourth-order valence-electron chi connectivity index (χ4n) is 4.12. The highest BCUT2D eigenvalue weighted by atomic mass is 35.5. The van der Waals surface area contributed by atoms with Gasteiger partial charge in [0.05, 0.1) is 18.6 Å². The SMILES string of the molecule is COc1cc(/C=C2/SC(=O)N(Cc3cc4c(cc3Cl)OCO4)C2=O)ccc1OCc1ccc2c(c1)OCO2. The molecule has 11 heteroatoms. The first kappa shape index (κ1) is 24.3. The number of thioether (sulfide) groups is 1. The van der Waals surface area contributed by atoms with Gasteiger partial charge in [-0.05, 0) is 64.9 Å². The second kappa shape index (κ2) is 10.0. The second-order valence-corrected chi connectivity index (χ2v) is 9.85. The van der Waals surface area contributed by atoms with Gasteiger partial charge in [-0.15, -0.1) is 0 Å². The Kier molecular flexibility index (Phi) is 6.42. The number of hydrogen-bond acceptors (Lipinski definition) is 9. The molecule has 0 atom stereocenters. The van der Waals surface area contributed by atoms with Gasteiger partial charge in [0.2, 0.25) is 13.6 Å². The van der Waals surface area contributed by atoms with Crippen LogP contribution >= 0.6 is 23.4 Å². The van der Waals surface area contributed by atoms with Crippen LogP contribution in [0.25, 0.3) is 6.08 Å². The minimum Gasteiger partial charge on any atom is -0.493 e. The van der Waals surface area contributed by atoms with E-state index in [9.17, 15) is 9.59 Å². The maximum Gasteiger partial charge on any atom is 0.293 e. The number of imide groups is 1. The smallest absolute Gasteiger partial charge is 0.293 e. The fraction of sp³-hybridized carbons (Fsp3) is 0.185. The van der Waals surface area contributed by atoms with Crippen molar-refractivity contribution in [2.24, 2.45) is 0 Å². The van der Waals surface area contributed by atoms with Crippen LogP contribution in [0.15, 0.2) is 53.4 Å². The first-order chi connectivity index (χ1) is 18.5. The van der Waals surface area contributed by atoms with Crippen LogP contribution in [-0.2, 0) is 17.9 Å². The Balaban J connectivity index is 1.16. The molecule has 0 N–H and O–H groups in total. The van der Waals surface area contributed by atoms with Crippen LogP contribution in [0.1, 0.15) is 16.7 Å². The molecule has 38 heavy (non-hydrogen) atoms. The molecular weight excluding hydrogens is 534 g/mol. The van der Waals surface area contributed by atoms with Gasteiger partial charge < -0.3 is 28.4 Å². The van der Waals surface area contributed by atoms with Crippen molar-refractivity contribution in [1.29, 1.82) is 0 Å². The average molecular weight is 554 g/mol. The Morgan fingerprint density at radius 1 is 0.921 bits per heavy atom. The third-order valence-corrected chi connectivity index (χ3v) is 7.32. The summed E-state index contributed by atoms with van der Waals surface area (Å²) in [5.41, 5.74) is 2.19. The number of methoxy groups -OCH3 is 1. The third kappa shape index (κ3) is 4.68. The van der Waals surface area contributed by atoms with E-state index in [-0.39, 0.29) is 25.4 Å². The molecule has 194 valence electrons. The zero-order valence-corrected chi connectivity index (χ0v) is 21.6. The van der Waals surface area contributed by atoms with Gasteiger partial charge in [-0.1, -0.05) is 23.7 Å². The van der Waals surface area contributed by atoms with E-state index in [0.717, 1.165) is 22.2 Å². The minimum atomic E-state index is -0.407. The van der Waals surface area contributed by atoms with Crippen molar-refractivity contribution in [3.8, 4) is 34.5 Å². The summed E-state index contributed by atoms with van der Waals surface area (Å²) in [7, 11) is 1.54. The molecule has 1 fully saturated rings. The lowest BCUT2D eigenvalue weighted by Crippen LogP contribution is -2.27. The monoisotopic (exact) mass is 553 g/mol. The lowest BCUT2D eigenvalue weighted by Gasteiger charge is -2.14. The second-order valence-electron chi connectivity index (χ2n) is 8.45. The van der Waals surface area contributed by atoms with Gasteiger partial charge in [0, 0.05) is 11.1 Å². The summed E-state index contributed by atoms with van der Waals surface area (Å²) in [5.74, 6) is 3.07. The molecule has 6 rings (SSSR count). The summed E-state index contributed by atoms with van der Waals surface area (Å²) in [5, 5.41) is 0.00369. The molecule has 9 nitrogen and oxygen atoms in total. The summed E-state index contributed by atoms with van der Waals surface area (Å²) in [4.78, 5) is 27.2. The Hall–Kier alpha value is -4.02. The molecule has 3 aromatic carbocycles. The van der Waals surface area contributed by atoms with E-state index in [2.05, 4.69) is 0 Å². The van der Waals surface area contributed by atoms with Crippen molar-refractivity contribution in [3.63, 3.8) is 0 Å². The summed E-state index contributed by atoms with van der Waals surface area (Å²) in [6.45, 7) is 0.632. The first-order valence-corrected chi connectivity index (χ1v) is 12.7. The van der Waals surface area contributed by atoms with Gasteiger partial charge in [0.25, 0.3) is 11.1 Å². The van der Waals surface area contributed by atoms with Crippen LogP contribution in [0, 0.1) is 0 Å². The van der Waals surface area contributed by atoms with E-state index in [1.54, 1.807) is 36.4 Å². The van der Waals surface area contributed by atoms with E-state index >= 15 is 0 Å². The molecule has 0 saturated carbocycles. The highest BCUT2D eigenvalue weighted by molar-refractivity contribution is 8.18. The molecule has 0 spiro atoms. The number of halogens is 1.